The molecule has 0 aromatic carbocycles. The van der Waals surface area contributed by atoms with Crippen LogP contribution in [0.15, 0.2) is 0 Å². The normalized spacial score (nSPS) is 31.4. The highest BCUT2D eigenvalue weighted by molar-refractivity contribution is 5.85. The van der Waals surface area contributed by atoms with Gasteiger partial charge >= 0.3 is 0 Å². The topological polar surface area (TPSA) is 46.3 Å². The number of hydrogen-bond acceptors (Lipinski definition) is 2. The summed E-state index contributed by atoms with van der Waals surface area (Å²) in [5, 5.41) is 0. The van der Waals surface area contributed by atoms with Crippen LogP contribution in [0.2, 0.25) is 0 Å². The van der Waals surface area contributed by atoms with Crippen LogP contribution < -0.4 is 5.73 Å². The van der Waals surface area contributed by atoms with Crippen molar-refractivity contribution in [1.82, 2.24) is 4.90 Å². The fraction of sp³-hybridized carbons (Fsp3) is 0.923. The van der Waals surface area contributed by atoms with E-state index in [2.05, 4.69) is 13.8 Å². The Kier molecular flexibility index (Phi) is 4.85. The third-order valence-electron chi connectivity index (χ3n) is 4.18. The number of rotatable bonds is 2. The fourth-order valence-electron chi connectivity index (χ4n) is 3.00. The largest absolute Gasteiger partial charge is 0.342 e. The Labute approximate surface area is 111 Å². The van der Waals surface area contributed by atoms with Crippen LogP contribution in [0.4, 0.5) is 0 Å². The lowest BCUT2D eigenvalue weighted by Crippen LogP contribution is -2.34. The summed E-state index contributed by atoms with van der Waals surface area (Å²) in [7, 11) is 0. The highest BCUT2D eigenvalue weighted by Crippen LogP contribution is 2.32. The summed E-state index contributed by atoms with van der Waals surface area (Å²) >= 11 is 0. The predicted octanol–water partition coefficient (Wildman–Crippen LogP) is 2.18. The summed E-state index contributed by atoms with van der Waals surface area (Å²) in [4.78, 5) is 14.1. The van der Waals surface area contributed by atoms with Crippen LogP contribution in [-0.4, -0.2) is 29.9 Å². The predicted molar refractivity (Wildman–Crippen MR) is 72.2 cm³/mol. The third kappa shape index (κ3) is 3.59. The van der Waals surface area contributed by atoms with E-state index in [1.165, 1.54) is 6.42 Å². The molecule has 0 bridgehead atoms. The Balaban J connectivity index is 0.00000144. The SMILES string of the molecule is CC1(C)CCN(C(=O)C[C@@H]2CCC[C@H]2N)C1.Cl. The standard InChI is InChI=1S/C13H24N2O.ClH/c1-13(2)6-7-15(9-13)12(16)8-10-4-3-5-11(10)14;/h10-11H,3-9,14H2,1-2H3;1H/t10-,11+;/m0./s1. The van der Waals surface area contributed by atoms with E-state index < -0.39 is 0 Å². The van der Waals surface area contributed by atoms with Crippen molar-refractivity contribution in [2.45, 2.75) is 52.0 Å². The van der Waals surface area contributed by atoms with Crippen LogP contribution in [0.1, 0.15) is 46.0 Å². The minimum absolute atomic E-state index is 0. The molecule has 1 aliphatic carbocycles. The Morgan fingerprint density at radius 3 is 2.59 bits per heavy atom. The van der Waals surface area contributed by atoms with Crippen molar-refractivity contribution in [1.29, 1.82) is 0 Å². The van der Waals surface area contributed by atoms with Gasteiger partial charge in [-0.25, -0.2) is 0 Å². The molecule has 2 fully saturated rings. The summed E-state index contributed by atoms with van der Waals surface area (Å²) in [6, 6.07) is 0.263. The molecule has 17 heavy (non-hydrogen) atoms. The summed E-state index contributed by atoms with van der Waals surface area (Å²) in [5.74, 6) is 0.768. The Bertz CT molecular complexity index is 281. The second-order valence-corrected chi connectivity index (χ2v) is 6.29. The molecule has 2 rings (SSSR count). The number of likely N-dealkylation sites (tertiary alicyclic amines) is 1. The van der Waals surface area contributed by atoms with Crippen LogP contribution in [0.5, 0.6) is 0 Å². The molecule has 1 saturated heterocycles. The van der Waals surface area contributed by atoms with Crippen molar-refractivity contribution < 1.29 is 4.79 Å². The van der Waals surface area contributed by atoms with E-state index in [0.29, 0.717) is 23.7 Å². The van der Waals surface area contributed by atoms with Gasteiger partial charge in [-0.3, -0.25) is 4.79 Å². The molecule has 1 heterocycles. The van der Waals surface area contributed by atoms with Gasteiger partial charge in [0.05, 0.1) is 0 Å². The number of carbonyl (C=O) groups excluding carboxylic acids is 1. The molecule has 0 unspecified atom stereocenters. The lowest BCUT2D eigenvalue weighted by Gasteiger charge is -2.22. The first-order valence-corrected chi connectivity index (χ1v) is 6.51. The summed E-state index contributed by atoms with van der Waals surface area (Å²) in [6.45, 7) is 6.34. The number of halogens is 1. The van der Waals surface area contributed by atoms with Crippen molar-refractivity contribution in [2.75, 3.05) is 13.1 Å². The summed E-state index contributed by atoms with van der Waals surface area (Å²) in [6.07, 6.45) is 5.25. The smallest absolute Gasteiger partial charge is 0.222 e. The van der Waals surface area contributed by atoms with Gasteiger partial charge in [-0.15, -0.1) is 12.4 Å². The van der Waals surface area contributed by atoms with Gasteiger partial charge in [0.2, 0.25) is 5.91 Å². The minimum Gasteiger partial charge on any atom is -0.342 e. The Morgan fingerprint density at radius 2 is 2.12 bits per heavy atom. The van der Waals surface area contributed by atoms with E-state index >= 15 is 0 Å². The Morgan fingerprint density at radius 1 is 1.41 bits per heavy atom. The maximum atomic E-state index is 12.1. The van der Waals surface area contributed by atoms with Crippen molar-refractivity contribution in [3.8, 4) is 0 Å². The number of amides is 1. The molecule has 100 valence electrons. The quantitative estimate of drug-likeness (QED) is 0.827. The molecular weight excluding hydrogens is 236 g/mol. The maximum absolute atomic E-state index is 12.1. The van der Waals surface area contributed by atoms with Crippen LogP contribution in [0.3, 0.4) is 0 Å². The van der Waals surface area contributed by atoms with Gasteiger partial charge < -0.3 is 10.6 Å². The first-order valence-electron chi connectivity index (χ1n) is 6.51. The molecule has 4 heteroatoms. The van der Waals surface area contributed by atoms with E-state index in [1.807, 2.05) is 4.90 Å². The molecule has 2 aliphatic rings. The van der Waals surface area contributed by atoms with E-state index in [4.69, 9.17) is 5.73 Å². The first-order chi connectivity index (χ1) is 7.48. The molecule has 0 spiro atoms. The van der Waals surface area contributed by atoms with Crippen molar-refractivity contribution in [2.24, 2.45) is 17.1 Å². The first kappa shape index (κ1) is 14.8. The Hall–Kier alpha value is -0.280. The van der Waals surface area contributed by atoms with Gasteiger partial charge in [0, 0.05) is 25.6 Å². The molecule has 0 radical (unpaired) electrons. The number of carbonyl (C=O) groups is 1. The lowest BCUT2D eigenvalue weighted by molar-refractivity contribution is -0.131. The van der Waals surface area contributed by atoms with Crippen molar-refractivity contribution >= 4 is 18.3 Å². The fourth-order valence-corrected chi connectivity index (χ4v) is 3.00. The average Bonchev–Trinajstić information content (AvgIpc) is 2.74. The minimum atomic E-state index is 0. The molecule has 1 amide bonds. The molecule has 2 atom stereocenters. The lowest BCUT2D eigenvalue weighted by atomic mass is 9.93. The van der Waals surface area contributed by atoms with E-state index in [-0.39, 0.29) is 18.4 Å². The van der Waals surface area contributed by atoms with Crippen molar-refractivity contribution in [3.05, 3.63) is 0 Å². The highest BCUT2D eigenvalue weighted by atomic mass is 35.5. The van der Waals surface area contributed by atoms with E-state index in [1.54, 1.807) is 0 Å². The molecule has 2 N–H and O–H groups in total. The molecule has 0 aromatic rings. The number of nitrogens with zero attached hydrogens (tertiary/aromatic N) is 1. The molecule has 3 nitrogen and oxygen atoms in total. The number of hydrogen-bond donors (Lipinski definition) is 1. The van der Waals surface area contributed by atoms with Crippen LogP contribution >= 0.6 is 12.4 Å². The van der Waals surface area contributed by atoms with Crippen LogP contribution in [0.25, 0.3) is 0 Å². The zero-order chi connectivity index (χ0) is 11.8. The summed E-state index contributed by atoms with van der Waals surface area (Å²) in [5.41, 5.74) is 6.32. The molecular formula is C13H25ClN2O. The van der Waals surface area contributed by atoms with Crippen molar-refractivity contribution in [3.63, 3.8) is 0 Å². The second-order valence-electron chi connectivity index (χ2n) is 6.29. The van der Waals surface area contributed by atoms with Gasteiger partial charge in [0.25, 0.3) is 0 Å². The van der Waals surface area contributed by atoms with E-state index in [9.17, 15) is 4.79 Å². The van der Waals surface area contributed by atoms with Gasteiger partial charge in [-0.1, -0.05) is 20.3 Å². The third-order valence-corrected chi connectivity index (χ3v) is 4.18. The maximum Gasteiger partial charge on any atom is 0.222 e. The second kappa shape index (κ2) is 5.57. The highest BCUT2D eigenvalue weighted by Gasteiger charge is 2.34. The zero-order valence-electron chi connectivity index (χ0n) is 10.9. The zero-order valence-corrected chi connectivity index (χ0v) is 11.8. The summed E-state index contributed by atoms with van der Waals surface area (Å²) < 4.78 is 0. The van der Waals surface area contributed by atoms with Gasteiger partial charge in [-0.05, 0) is 30.6 Å². The molecule has 1 aliphatic heterocycles. The molecule has 1 saturated carbocycles. The molecule has 0 aromatic heterocycles. The van der Waals surface area contributed by atoms with Gasteiger partial charge in [0.1, 0.15) is 0 Å². The van der Waals surface area contributed by atoms with Gasteiger partial charge in [-0.2, -0.15) is 0 Å². The van der Waals surface area contributed by atoms with E-state index in [0.717, 1.165) is 32.4 Å². The van der Waals surface area contributed by atoms with Crippen LogP contribution in [-0.2, 0) is 4.79 Å². The number of nitrogens with two attached hydrogens (primary N) is 1. The van der Waals surface area contributed by atoms with Gasteiger partial charge in [0.15, 0.2) is 0 Å². The van der Waals surface area contributed by atoms with Crippen LogP contribution in [0, 0.1) is 11.3 Å². The average molecular weight is 261 g/mol. The monoisotopic (exact) mass is 260 g/mol.